The van der Waals surface area contributed by atoms with E-state index in [2.05, 4.69) is 0 Å². The second-order valence-electron chi connectivity index (χ2n) is 7.18. The van der Waals surface area contributed by atoms with Crippen LogP contribution in [0, 0.1) is 25.1 Å². The van der Waals surface area contributed by atoms with Crippen LogP contribution in [0.3, 0.4) is 0 Å². The van der Waals surface area contributed by atoms with Gasteiger partial charge in [0.25, 0.3) is 0 Å². The van der Waals surface area contributed by atoms with Crippen molar-refractivity contribution in [2.45, 2.75) is 70.8 Å². The molecule has 1 aromatic rings. The van der Waals surface area contributed by atoms with Crippen molar-refractivity contribution in [1.29, 1.82) is 0 Å². The van der Waals surface area contributed by atoms with Gasteiger partial charge in [-0.25, -0.2) is 4.39 Å². The van der Waals surface area contributed by atoms with E-state index in [9.17, 15) is 9.50 Å². The molecule has 0 radical (unpaired) electrons. The minimum atomic E-state index is -0.949. The number of aryl methyl sites for hydroxylation is 2. The van der Waals surface area contributed by atoms with Crippen LogP contribution in [0.15, 0.2) is 12.1 Å². The van der Waals surface area contributed by atoms with E-state index >= 15 is 0 Å². The SMILES string of the molecule is Cc1cc(C)c(C2(O)CCC3(CCCC3)CC2)c(F)c1. The first kappa shape index (κ1) is 14.1. The average Bonchev–Trinajstić information content (AvgIpc) is 2.81. The van der Waals surface area contributed by atoms with Gasteiger partial charge < -0.3 is 5.11 Å². The first-order chi connectivity index (χ1) is 9.44. The summed E-state index contributed by atoms with van der Waals surface area (Å²) in [6.45, 7) is 3.82. The van der Waals surface area contributed by atoms with E-state index in [0.717, 1.165) is 24.0 Å². The molecule has 0 bridgehead atoms. The summed E-state index contributed by atoms with van der Waals surface area (Å²) in [5.41, 5.74) is 1.88. The first-order valence-electron chi connectivity index (χ1n) is 7.94. The van der Waals surface area contributed by atoms with Gasteiger partial charge in [-0.2, -0.15) is 0 Å². The highest BCUT2D eigenvalue weighted by molar-refractivity contribution is 5.36. The largest absolute Gasteiger partial charge is 0.385 e. The lowest BCUT2D eigenvalue weighted by atomic mass is 9.65. The number of rotatable bonds is 1. The van der Waals surface area contributed by atoms with Crippen molar-refractivity contribution in [2.75, 3.05) is 0 Å². The number of aliphatic hydroxyl groups is 1. The van der Waals surface area contributed by atoms with Crippen molar-refractivity contribution in [3.05, 3.63) is 34.6 Å². The summed E-state index contributed by atoms with van der Waals surface area (Å²) in [5, 5.41) is 11.0. The molecule has 110 valence electrons. The van der Waals surface area contributed by atoms with Crippen LogP contribution in [0.1, 0.15) is 68.1 Å². The molecule has 2 aliphatic rings. The molecule has 20 heavy (non-hydrogen) atoms. The zero-order chi connectivity index (χ0) is 14.4. The van der Waals surface area contributed by atoms with E-state index in [-0.39, 0.29) is 5.82 Å². The summed E-state index contributed by atoms with van der Waals surface area (Å²) in [4.78, 5) is 0. The topological polar surface area (TPSA) is 20.2 Å². The van der Waals surface area contributed by atoms with E-state index < -0.39 is 5.60 Å². The quantitative estimate of drug-likeness (QED) is 0.783. The standard InChI is InChI=1S/C18H25FO/c1-13-11-14(2)16(15(19)12-13)18(20)9-7-17(8-10-18)5-3-4-6-17/h11-12,20H,3-10H2,1-2H3. The van der Waals surface area contributed by atoms with Gasteiger partial charge in [0.1, 0.15) is 5.82 Å². The molecule has 0 aromatic heterocycles. The number of halogens is 1. The second-order valence-corrected chi connectivity index (χ2v) is 7.18. The van der Waals surface area contributed by atoms with Gasteiger partial charge >= 0.3 is 0 Å². The molecule has 0 aliphatic heterocycles. The lowest BCUT2D eigenvalue weighted by Gasteiger charge is -2.43. The molecule has 1 nitrogen and oxygen atoms in total. The summed E-state index contributed by atoms with van der Waals surface area (Å²) >= 11 is 0. The van der Waals surface area contributed by atoms with Gasteiger partial charge in [0, 0.05) is 5.56 Å². The molecule has 2 heteroatoms. The third-order valence-electron chi connectivity index (χ3n) is 5.70. The Kier molecular flexibility index (Phi) is 3.40. The van der Waals surface area contributed by atoms with Crippen LogP contribution < -0.4 is 0 Å². The van der Waals surface area contributed by atoms with Gasteiger partial charge in [0.05, 0.1) is 5.60 Å². The Morgan fingerprint density at radius 2 is 1.55 bits per heavy atom. The van der Waals surface area contributed by atoms with Gasteiger partial charge in [-0.3, -0.25) is 0 Å². The number of hydrogen-bond acceptors (Lipinski definition) is 1. The summed E-state index contributed by atoms with van der Waals surface area (Å²) in [7, 11) is 0. The smallest absolute Gasteiger partial charge is 0.129 e. The van der Waals surface area contributed by atoms with Crippen molar-refractivity contribution < 1.29 is 9.50 Å². The number of hydrogen-bond donors (Lipinski definition) is 1. The van der Waals surface area contributed by atoms with Gasteiger partial charge in [-0.1, -0.05) is 18.9 Å². The molecule has 0 heterocycles. The lowest BCUT2D eigenvalue weighted by Crippen LogP contribution is -2.37. The molecule has 1 aromatic carbocycles. The fraction of sp³-hybridized carbons (Fsp3) is 0.667. The van der Waals surface area contributed by atoms with Crippen molar-refractivity contribution in [1.82, 2.24) is 0 Å². The summed E-state index contributed by atoms with van der Waals surface area (Å²) in [6, 6.07) is 3.54. The fourth-order valence-corrected chi connectivity index (χ4v) is 4.57. The maximum Gasteiger partial charge on any atom is 0.129 e. The zero-order valence-corrected chi connectivity index (χ0v) is 12.6. The van der Waals surface area contributed by atoms with E-state index in [1.807, 2.05) is 19.9 Å². The monoisotopic (exact) mass is 276 g/mol. The van der Waals surface area contributed by atoms with E-state index in [0.29, 0.717) is 23.8 Å². The summed E-state index contributed by atoms with van der Waals surface area (Å²) < 4.78 is 14.3. The predicted molar refractivity (Wildman–Crippen MR) is 79.1 cm³/mol. The van der Waals surface area contributed by atoms with Crippen LogP contribution in [0.5, 0.6) is 0 Å². The van der Waals surface area contributed by atoms with Crippen molar-refractivity contribution in [2.24, 2.45) is 5.41 Å². The Morgan fingerprint density at radius 1 is 0.950 bits per heavy atom. The van der Waals surface area contributed by atoms with Gasteiger partial charge in [0.15, 0.2) is 0 Å². The maximum atomic E-state index is 14.3. The Bertz CT molecular complexity index is 481. The van der Waals surface area contributed by atoms with E-state index in [4.69, 9.17) is 0 Å². The molecule has 0 saturated heterocycles. The highest BCUT2D eigenvalue weighted by atomic mass is 19.1. The molecule has 2 fully saturated rings. The highest BCUT2D eigenvalue weighted by Crippen LogP contribution is 2.54. The minimum absolute atomic E-state index is 0.229. The van der Waals surface area contributed by atoms with E-state index in [1.165, 1.54) is 25.7 Å². The molecule has 1 spiro atoms. The van der Waals surface area contributed by atoms with Crippen molar-refractivity contribution in [3.63, 3.8) is 0 Å². The minimum Gasteiger partial charge on any atom is -0.385 e. The molecule has 2 aliphatic carbocycles. The lowest BCUT2D eigenvalue weighted by molar-refractivity contribution is -0.0405. The third kappa shape index (κ3) is 2.28. The molecule has 2 saturated carbocycles. The maximum absolute atomic E-state index is 14.3. The third-order valence-corrected chi connectivity index (χ3v) is 5.70. The second kappa shape index (κ2) is 4.84. The Labute approximate surface area is 121 Å². The Balaban J connectivity index is 1.87. The summed E-state index contributed by atoms with van der Waals surface area (Å²) in [5.74, 6) is -0.229. The van der Waals surface area contributed by atoms with Crippen LogP contribution in [0.25, 0.3) is 0 Å². The molecule has 0 atom stereocenters. The highest BCUT2D eigenvalue weighted by Gasteiger charge is 2.45. The van der Waals surface area contributed by atoms with Gasteiger partial charge in [-0.15, -0.1) is 0 Å². The zero-order valence-electron chi connectivity index (χ0n) is 12.6. The number of benzene rings is 1. The van der Waals surface area contributed by atoms with Gasteiger partial charge in [-0.05, 0) is 75.0 Å². The summed E-state index contributed by atoms with van der Waals surface area (Å²) in [6.07, 6.45) is 8.80. The van der Waals surface area contributed by atoms with Gasteiger partial charge in [0.2, 0.25) is 0 Å². The molecule has 0 amide bonds. The van der Waals surface area contributed by atoms with Crippen LogP contribution in [-0.4, -0.2) is 5.11 Å². The van der Waals surface area contributed by atoms with Crippen molar-refractivity contribution >= 4 is 0 Å². The van der Waals surface area contributed by atoms with Crippen molar-refractivity contribution in [3.8, 4) is 0 Å². The predicted octanol–water partition coefficient (Wildman–Crippen LogP) is 4.76. The average molecular weight is 276 g/mol. The molecule has 0 unspecified atom stereocenters. The normalized spacial score (nSPS) is 24.2. The van der Waals surface area contributed by atoms with E-state index in [1.54, 1.807) is 6.07 Å². The Morgan fingerprint density at radius 3 is 2.10 bits per heavy atom. The molecule has 3 rings (SSSR count). The first-order valence-corrected chi connectivity index (χ1v) is 7.94. The molecular formula is C18H25FO. The van der Waals surface area contributed by atoms with Crippen LogP contribution in [0.2, 0.25) is 0 Å². The fourth-order valence-electron chi connectivity index (χ4n) is 4.57. The molecule has 1 N–H and O–H groups in total. The van der Waals surface area contributed by atoms with Crippen LogP contribution in [-0.2, 0) is 5.60 Å². The Hall–Kier alpha value is -0.890. The molecular weight excluding hydrogens is 251 g/mol. The van der Waals surface area contributed by atoms with Crippen LogP contribution in [0.4, 0.5) is 4.39 Å². The van der Waals surface area contributed by atoms with Crippen LogP contribution >= 0.6 is 0 Å².